The molecular formula is C14H10Cl2N2. The summed E-state index contributed by atoms with van der Waals surface area (Å²) in [6.07, 6.45) is 1.88. The summed E-state index contributed by atoms with van der Waals surface area (Å²) >= 11 is 12.0. The molecule has 0 amide bonds. The molecule has 0 saturated carbocycles. The van der Waals surface area contributed by atoms with Crippen molar-refractivity contribution in [2.45, 2.75) is 6.92 Å². The van der Waals surface area contributed by atoms with Crippen molar-refractivity contribution in [2.75, 3.05) is 0 Å². The third-order valence-corrected chi connectivity index (χ3v) is 3.35. The summed E-state index contributed by atoms with van der Waals surface area (Å²) in [5.41, 5.74) is 3.98. The molecule has 4 heteroatoms. The van der Waals surface area contributed by atoms with Gasteiger partial charge in [0.15, 0.2) is 0 Å². The molecule has 2 aromatic heterocycles. The van der Waals surface area contributed by atoms with Crippen molar-refractivity contribution in [1.82, 2.24) is 9.38 Å². The highest BCUT2D eigenvalue weighted by atomic mass is 35.5. The van der Waals surface area contributed by atoms with Crippen LogP contribution in [0, 0.1) is 6.92 Å². The zero-order valence-corrected chi connectivity index (χ0v) is 11.2. The second-order valence-corrected chi connectivity index (χ2v) is 5.00. The Kier molecular flexibility index (Phi) is 2.77. The van der Waals surface area contributed by atoms with E-state index in [4.69, 9.17) is 23.2 Å². The molecule has 18 heavy (non-hydrogen) atoms. The maximum absolute atomic E-state index is 6.04. The van der Waals surface area contributed by atoms with Crippen LogP contribution in [0.4, 0.5) is 0 Å². The van der Waals surface area contributed by atoms with Crippen LogP contribution in [0.25, 0.3) is 16.9 Å². The molecule has 0 radical (unpaired) electrons. The van der Waals surface area contributed by atoms with Crippen LogP contribution >= 0.6 is 23.2 Å². The van der Waals surface area contributed by atoms with E-state index in [0.717, 1.165) is 27.6 Å². The van der Waals surface area contributed by atoms with Crippen LogP contribution in [0.5, 0.6) is 0 Å². The number of imidazole rings is 1. The van der Waals surface area contributed by atoms with Gasteiger partial charge >= 0.3 is 0 Å². The summed E-state index contributed by atoms with van der Waals surface area (Å²) < 4.78 is 2.00. The second-order valence-electron chi connectivity index (χ2n) is 4.13. The molecular weight excluding hydrogens is 267 g/mol. The lowest BCUT2D eigenvalue weighted by atomic mass is 10.1. The van der Waals surface area contributed by atoms with Crippen molar-refractivity contribution < 1.29 is 0 Å². The van der Waals surface area contributed by atoms with Gasteiger partial charge in [-0.15, -0.1) is 0 Å². The lowest BCUT2D eigenvalue weighted by Gasteiger charge is -2.04. The number of aromatic nitrogens is 2. The molecule has 3 rings (SSSR count). The van der Waals surface area contributed by atoms with Gasteiger partial charge in [0.2, 0.25) is 0 Å². The lowest BCUT2D eigenvalue weighted by molar-refractivity contribution is 1.19. The topological polar surface area (TPSA) is 17.3 Å². The Balaban J connectivity index is 2.30. The minimum Gasteiger partial charge on any atom is -0.298 e. The zero-order valence-electron chi connectivity index (χ0n) is 9.69. The quantitative estimate of drug-likeness (QED) is 0.634. The summed E-state index contributed by atoms with van der Waals surface area (Å²) in [6, 6.07) is 11.5. The summed E-state index contributed by atoms with van der Waals surface area (Å²) in [4.78, 5) is 4.52. The predicted molar refractivity (Wildman–Crippen MR) is 75.4 cm³/mol. The highest BCUT2D eigenvalue weighted by Gasteiger charge is 2.10. The molecule has 0 saturated heterocycles. The maximum Gasteiger partial charge on any atom is 0.137 e. The molecule has 2 heterocycles. The molecule has 0 bridgehead atoms. The Morgan fingerprint density at radius 1 is 0.944 bits per heavy atom. The molecule has 0 aliphatic carbocycles. The van der Waals surface area contributed by atoms with Gasteiger partial charge in [0, 0.05) is 16.8 Å². The third kappa shape index (κ3) is 1.88. The molecule has 90 valence electrons. The van der Waals surface area contributed by atoms with Crippen molar-refractivity contribution in [3.05, 3.63) is 58.3 Å². The van der Waals surface area contributed by atoms with Gasteiger partial charge in [0.05, 0.1) is 16.4 Å². The average molecular weight is 277 g/mol. The number of rotatable bonds is 1. The van der Waals surface area contributed by atoms with Gasteiger partial charge in [-0.25, -0.2) is 4.98 Å². The molecule has 0 unspecified atom stereocenters. The van der Waals surface area contributed by atoms with E-state index in [0.29, 0.717) is 5.02 Å². The van der Waals surface area contributed by atoms with Crippen molar-refractivity contribution in [3.8, 4) is 11.3 Å². The summed E-state index contributed by atoms with van der Waals surface area (Å²) in [7, 11) is 0. The van der Waals surface area contributed by atoms with E-state index >= 15 is 0 Å². The first-order valence-corrected chi connectivity index (χ1v) is 6.31. The fourth-order valence-corrected chi connectivity index (χ4v) is 2.38. The number of fused-ring (bicyclic) bond motifs is 1. The molecule has 0 spiro atoms. The van der Waals surface area contributed by atoms with Gasteiger partial charge in [-0.2, -0.15) is 0 Å². The van der Waals surface area contributed by atoms with Crippen molar-refractivity contribution in [2.24, 2.45) is 0 Å². The Morgan fingerprint density at radius 3 is 2.33 bits per heavy atom. The van der Waals surface area contributed by atoms with E-state index in [2.05, 4.69) is 4.98 Å². The second kappa shape index (κ2) is 4.30. The van der Waals surface area contributed by atoms with E-state index in [1.54, 1.807) is 0 Å². The molecule has 0 aliphatic rings. The average Bonchev–Trinajstić information content (AvgIpc) is 2.66. The molecule has 1 aromatic carbocycles. The van der Waals surface area contributed by atoms with Gasteiger partial charge in [0.1, 0.15) is 5.65 Å². The molecule has 0 fully saturated rings. The minimum absolute atomic E-state index is 0.690. The number of hydrogen-bond donors (Lipinski definition) is 0. The Bertz CT molecular complexity index is 714. The van der Waals surface area contributed by atoms with E-state index in [-0.39, 0.29) is 0 Å². The fraction of sp³-hybridized carbons (Fsp3) is 0.0714. The zero-order chi connectivity index (χ0) is 12.7. The number of halogens is 2. The van der Waals surface area contributed by atoms with E-state index in [1.807, 2.05) is 53.9 Å². The fourth-order valence-electron chi connectivity index (χ4n) is 2.09. The molecule has 3 aromatic rings. The Morgan fingerprint density at radius 2 is 1.61 bits per heavy atom. The van der Waals surface area contributed by atoms with Crippen LogP contribution in [0.1, 0.15) is 5.69 Å². The Labute approximate surface area is 115 Å². The van der Waals surface area contributed by atoms with Crippen LogP contribution in [-0.4, -0.2) is 9.38 Å². The Hall–Kier alpha value is -1.51. The predicted octanol–water partition coefficient (Wildman–Crippen LogP) is 4.62. The van der Waals surface area contributed by atoms with Crippen molar-refractivity contribution >= 4 is 28.8 Å². The number of pyridine rings is 1. The smallest absolute Gasteiger partial charge is 0.137 e. The number of hydrogen-bond acceptors (Lipinski definition) is 1. The summed E-state index contributed by atoms with van der Waals surface area (Å²) in [5.74, 6) is 0. The van der Waals surface area contributed by atoms with Crippen LogP contribution in [-0.2, 0) is 0 Å². The normalized spacial score (nSPS) is 11.1. The number of aryl methyl sites for hydroxylation is 1. The van der Waals surface area contributed by atoms with Gasteiger partial charge in [-0.1, -0.05) is 35.3 Å². The lowest BCUT2D eigenvalue weighted by Crippen LogP contribution is -1.89. The van der Waals surface area contributed by atoms with E-state index in [1.165, 1.54) is 0 Å². The van der Waals surface area contributed by atoms with Crippen LogP contribution < -0.4 is 0 Å². The van der Waals surface area contributed by atoms with Gasteiger partial charge < -0.3 is 0 Å². The number of nitrogens with zero attached hydrogens (tertiary/aromatic N) is 2. The van der Waals surface area contributed by atoms with Crippen LogP contribution in [0.15, 0.2) is 42.6 Å². The molecule has 2 nitrogen and oxygen atoms in total. The molecule has 0 aliphatic heterocycles. The monoisotopic (exact) mass is 276 g/mol. The first kappa shape index (κ1) is 11.6. The van der Waals surface area contributed by atoms with Crippen LogP contribution in [0.2, 0.25) is 10.0 Å². The van der Waals surface area contributed by atoms with E-state index < -0.39 is 0 Å². The summed E-state index contributed by atoms with van der Waals surface area (Å²) in [5, 5.41) is 1.42. The SMILES string of the molecule is Cc1nc2ccc(Cl)cn2c1-c1ccc(Cl)cc1. The highest BCUT2D eigenvalue weighted by molar-refractivity contribution is 6.30. The van der Waals surface area contributed by atoms with Gasteiger partial charge in [-0.05, 0) is 31.2 Å². The first-order chi connectivity index (χ1) is 8.65. The highest BCUT2D eigenvalue weighted by Crippen LogP contribution is 2.27. The standard InChI is InChI=1S/C14H10Cl2N2/c1-9-14(10-2-4-11(15)5-3-10)18-8-12(16)6-7-13(18)17-9/h2-8H,1H3. The first-order valence-electron chi connectivity index (χ1n) is 5.55. The van der Waals surface area contributed by atoms with Gasteiger partial charge in [-0.3, -0.25) is 4.40 Å². The van der Waals surface area contributed by atoms with E-state index in [9.17, 15) is 0 Å². The van der Waals surface area contributed by atoms with Crippen molar-refractivity contribution in [3.63, 3.8) is 0 Å². The molecule has 0 atom stereocenters. The minimum atomic E-state index is 0.690. The van der Waals surface area contributed by atoms with Crippen molar-refractivity contribution in [1.29, 1.82) is 0 Å². The van der Waals surface area contributed by atoms with Crippen LogP contribution in [0.3, 0.4) is 0 Å². The third-order valence-electron chi connectivity index (χ3n) is 2.87. The number of benzene rings is 1. The maximum atomic E-state index is 6.04. The molecule has 0 N–H and O–H groups in total. The largest absolute Gasteiger partial charge is 0.298 e. The summed E-state index contributed by atoms with van der Waals surface area (Å²) in [6.45, 7) is 1.99. The van der Waals surface area contributed by atoms with Gasteiger partial charge in [0.25, 0.3) is 0 Å².